The average Bonchev–Trinajstić information content (AvgIpc) is 2.10. The molecule has 0 heterocycles. The largest absolute Gasteiger partial charge is 0.332 e. The Morgan fingerprint density at radius 1 is 1.00 bits per heavy atom. The summed E-state index contributed by atoms with van der Waals surface area (Å²) < 4.78 is 15.5. The van der Waals surface area contributed by atoms with Crippen molar-refractivity contribution < 1.29 is 13.6 Å². The molecular weight excluding hydrogens is 222 g/mol. The second-order valence-corrected chi connectivity index (χ2v) is 3.66. The molecule has 0 N–H and O–H groups in total. The standard InChI is InChI=1S/C6H13Cl2O3P/c1-2-9-12(10-5-3-7)11-6-4-8/h2-6H2,1H3. The first-order valence-electron chi connectivity index (χ1n) is 3.66. The molecule has 74 valence electrons. The molecule has 0 aromatic rings. The zero-order chi connectivity index (χ0) is 9.23. The van der Waals surface area contributed by atoms with E-state index >= 15 is 0 Å². The molecule has 0 spiro atoms. The fraction of sp³-hybridized carbons (Fsp3) is 1.00. The van der Waals surface area contributed by atoms with E-state index in [9.17, 15) is 0 Å². The first kappa shape index (κ1) is 12.9. The van der Waals surface area contributed by atoms with E-state index in [0.717, 1.165) is 0 Å². The normalized spacial score (nSPS) is 11.0. The third-order valence-electron chi connectivity index (χ3n) is 0.782. The van der Waals surface area contributed by atoms with Crippen molar-refractivity contribution in [2.45, 2.75) is 6.92 Å². The Kier molecular flexibility index (Phi) is 10.7. The fourth-order valence-corrected chi connectivity index (χ4v) is 1.72. The van der Waals surface area contributed by atoms with Gasteiger partial charge >= 0.3 is 8.60 Å². The lowest BCUT2D eigenvalue weighted by Crippen LogP contribution is -1.99. The van der Waals surface area contributed by atoms with E-state index in [1.54, 1.807) is 0 Å². The van der Waals surface area contributed by atoms with Crippen LogP contribution >= 0.6 is 31.8 Å². The molecule has 0 fully saturated rings. The van der Waals surface area contributed by atoms with Crippen molar-refractivity contribution in [2.75, 3.05) is 31.6 Å². The highest BCUT2D eigenvalue weighted by molar-refractivity contribution is 7.41. The van der Waals surface area contributed by atoms with Crippen LogP contribution in [0.25, 0.3) is 0 Å². The fourth-order valence-electron chi connectivity index (χ4n) is 0.435. The lowest BCUT2D eigenvalue weighted by Gasteiger charge is -2.13. The SMILES string of the molecule is CCOP(OCCCl)OCCCl. The van der Waals surface area contributed by atoms with Gasteiger partial charge in [0.1, 0.15) is 0 Å². The predicted molar refractivity (Wildman–Crippen MR) is 51.9 cm³/mol. The molecule has 0 unspecified atom stereocenters. The number of hydrogen-bond acceptors (Lipinski definition) is 3. The number of halogens is 2. The number of hydrogen-bond donors (Lipinski definition) is 0. The highest BCUT2D eigenvalue weighted by atomic mass is 35.5. The predicted octanol–water partition coefficient (Wildman–Crippen LogP) is 2.76. The summed E-state index contributed by atoms with van der Waals surface area (Å²) in [6, 6.07) is 0. The minimum Gasteiger partial charge on any atom is -0.313 e. The highest BCUT2D eigenvalue weighted by Crippen LogP contribution is 2.39. The van der Waals surface area contributed by atoms with Crippen LogP contribution in [-0.2, 0) is 13.6 Å². The van der Waals surface area contributed by atoms with E-state index < -0.39 is 8.60 Å². The van der Waals surface area contributed by atoms with E-state index in [1.165, 1.54) is 0 Å². The van der Waals surface area contributed by atoms with Crippen molar-refractivity contribution in [3.05, 3.63) is 0 Å². The number of rotatable bonds is 8. The van der Waals surface area contributed by atoms with E-state index in [2.05, 4.69) is 0 Å². The Balaban J connectivity index is 3.40. The maximum atomic E-state index is 5.43. The van der Waals surface area contributed by atoms with Crippen LogP contribution in [0.5, 0.6) is 0 Å². The maximum Gasteiger partial charge on any atom is 0.332 e. The third kappa shape index (κ3) is 7.53. The van der Waals surface area contributed by atoms with E-state index in [4.69, 9.17) is 36.8 Å². The molecule has 6 heteroatoms. The van der Waals surface area contributed by atoms with Gasteiger partial charge in [0, 0.05) is 11.8 Å². The summed E-state index contributed by atoms with van der Waals surface area (Å²) in [6.45, 7) is 3.32. The van der Waals surface area contributed by atoms with Crippen LogP contribution in [0.1, 0.15) is 6.92 Å². The molecule has 12 heavy (non-hydrogen) atoms. The molecule has 0 aliphatic carbocycles. The van der Waals surface area contributed by atoms with E-state index in [0.29, 0.717) is 31.6 Å². The molecule has 0 aromatic carbocycles. The van der Waals surface area contributed by atoms with Gasteiger partial charge in [-0.15, -0.1) is 23.2 Å². The van der Waals surface area contributed by atoms with Gasteiger partial charge in [0.05, 0.1) is 19.8 Å². The van der Waals surface area contributed by atoms with E-state index in [1.807, 2.05) is 6.92 Å². The van der Waals surface area contributed by atoms with Gasteiger partial charge in [-0.1, -0.05) is 0 Å². The monoisotopic (exact) mass is 234 g/mol. The Labute approximate surface area is 84.3 Å². The highest BCUT2D eigenvalue weighted by Gasteiger charge is 2.09. The first-order valence-corrected chi connectivity index (χ1v) is 5.82. The Morgan fingerprint density at radius 2 is 1.50 bits per heavy atom. The molecule has 0 aliphatic rings. The Morgan fingerprint density at radius 3 is 1.83 bits per heavy atom. The van der Waals surface area contributed by atoms with Crippen LogP contribution in [0.15, 0.2) is 0 Å². The van der Waals surface area contributed by atoms with Crippen molar-refractivity contribution >= 4 is 31.8 Å². The van der Waals surface area contributed by atoms with Crippen molar-refractivity contribution in [3.63, 3.8) is 0 Å². The van der Waals surface area contributed by atoms with Crippen LogP contribution in [0.4, 0.5) is 0 Å². The van der Waals surface area contributed by atoms with Crippen LogP contribution in [-0.4, -0.2) is 31.6 Å². The summed E-state index contributed by atoms with van der Waals surface area (Å²) in [5.74, 6) is 0.881. The van der Waals surface area contributed by atoms with Crippen molar-refractivity contribution in [1.82, 2.24) is 0 Å². The molecular formula is C6H13Cl2O3P. The van der Waals surface area contributed by atoms with Gasteiger partial charge in [0.15, 0.2) is 0 Å². The first-order chi connectivity index (χ1) is 5.85. The molecule has 0 radical (unpaired) electrons. The Hall–Kier alpha value is 0.890. The maximum absolute atomic E-state index is 5.43. The van der Waals surface area contributed by atoms with Crippen molar-refractivity contribution in [2.24, 2.45) is 0 Å². The zero-order valence-electron chi connectivity index (χ0n) is 6.96. The quantitative estimate of drug-likeness (QED) is 0.478. The molecule has 3 nitrogen and oxygen atoms in total. The zero-order valence-corrected chi connectivity index (χ0v) is 9.37. The molecule has 0 aromatic heterocycles. The lowest BCUT2D eigenvalue weighted by molar-refractivity contribution is 0.177. The minimum absolute atomic E-state index is 0.440. The second kappa shape index (κ2) is 9.97. The smallest absolute Gasteiger partial charge is 0.313 e. The minimum atomic E-state index is -1.24. The molecule has 0 amide bonds. The summed E-state index contributed by atoms with van der Waals surface area (Å²) in [4.78, 5) is 0. The summed E-state index contributed by atoms with van der Waals surface area (Å²) >= 11 is 10.9. The van der Waals surface area contributed by atoms with Gasteiger partial charge in [0.25, 0.3) is 0 Å². The van der Waals surface area contributed by atoms with Gasteiger partial charge < -0.3 is 13.6 Å². The van der Waals surface area contributed by atoms with Gasteiger partial charge in [-0.05, 0) is 6.92 Å². The molecule has 0 rings (SSSR count). The van der Waals surface area contributed by atoms with Crippen LogP contribution in [0.2, 0.25) is 0 Å². The summed E-state index contributed by atoms with van der Waals surface area (Å²) in [7, 11) is -1.24. The molecule has 0 bridgehead atoms. The number of alkyl halides is 2. The van der Waals surface area contributed by atoms with Gasteiger partial charge in [-0.2, -0.15) is 0 Å². The topological polar surface area (TPSA) is 27.7 Å². The van der Waals surface area contributed by atoms with Crippen LogP contribution in [0, 0.1) is 0 Å². The second-order valence-electron chi connectivity index (χ2n) is 1.69. The molecule has 0 aliphatic heterocycles. The summed E-state index contributed by atoms with van der Waals surface area (Å²) in [5.41, 5.74) is 0. The Bertz CT molecular complexity index is 88.9. The molecule has 0 saturated carbocycles. The average molecular weight is 235 g/mol. The van der Waals surface area contributed by atoms with Gasteiger partial charge in [0.2, 0.25) is 0 Å². The van der Waals surface area contributed by atoms with Crippen LogP contribution in [0.3, 0.4) is 0 Å². The summed E-state index contributed by atoms with van der Waals surface area (Å²) in [6.07, 6.45) is 0. The van der Waals surface area contributed by atoms with Crippen LogP contribution < -0.4 is 0 Å². The van der Waals surface area contributed by atoms with Crippen molar-refractivity contribution in [1.29, 1.82) is 0 Å². The molecule has 0 saturated heterocycles. The van der Waals surface area contributed by atoms with E-state index in [-0.39, 0.29) is 0 Å². The third-order valence-corrected chi connectivity index (χ3v) is 2.35. The lowest BCUT2D eigenvalue weighted by atomic mass is 10.9. The van der Waals surface area contributed by atoms with Gasteiger partial charge in [-0.3, -0.25) is 0 Å². The summed E-state index contributed by atoms with van der Waals surface area (Å²) in [5, 5.41) is 0. The van der Waals surface area contributed by atoms with Crippen molar-refractivity contribution in [3.8, 4) is 0 Å². The van der Waals surface area contributed by atoms with Gasteiger partial charge in [-0.25, -0.2) is 0 Å². The molecule has 0 atom stereocenters.